The van der Waals surface area contributed by atoms with E-state index in [1.807, 2.05) is 20.9 Å². The SMILES string of the molecule is C[C@@H]1Cc2c(C(=O)NC3CC(N(C)C)C3)nn(C)c2[C@H](C)O1. The van der Waals surface area contributed by atoms with Gasteiger partial charge in [0, 0.05) is 31.1 Å². The van der Waals surface area contributed by atoms with Crippen LogP contribution < -0.4 is 5.32 Å². The predicted molar refractivity (Wildman–Crippen MR) is 83.8 cm³/mol. The smallest absolute Gasteiger partial charge is 0.272 e. The van der Waals surface area contributed by atoms with E-state index in [4.69, 9.17) is 4.74 Å². The highest BCUT2D eigenvalue weighted by molar-refractivity contribution is 5.94. The molecule has 0 radical (unpaired) electrons. The number of amides is 1. The highest BCUT2D eigenvalue weighted by atomic mass is 16.5. The van der Waals surface area contributed by atoms with Crippen molar-refractivity contribution < 1.29 is 9.53 Å². The van der Waals surface area contributed by atoms with Gasteiger partial charge in [0.2, 0.25) is 0 Å². The van der Waals surface area contributed by atoms with Crippen molar-refractivity contribution in [3.63, 3.8) is 0 Å². The second-order valence-corrected chi connectivity index (χ2v) is 6.89. The van der Waals surface area contributed by atoms with Crippen LogP contribution in [-0.4, -0.2) is 52.9 Å². The molecule has 0 spiro atoms. The van der Waals surface area contributed by atoms with Gasteiger partial charge in [-0.25, -0.2) is 0 Å². The molecule has 3 rings (SSSR count). The molecule has 2 heterocycles. The summed E-state index contributed by atoms with van der Waals surface area (Å²) in [5, 5.41) is 7.59. The molecular weight excluding hydrogens is 280 g/mol. The highest BCUT2D eigenvalue weighted by Gasteiger charge is 2.35. The van der Waals surface area contributed by atoms with E-state index in [1.54, 1.807) is 4.68 Å². The Morgan fingerprint density at radius 2 is 2.05 bits per heavy atom. The summed E-state index contributed by atoms with van der Waals surface area (Å²) in [5.74, 6) is -0.0413. The maximum atomic E-state index is 12.6. The molecule has 0 aromatic carbocycles. The van der Waals surface area contributed by atoms with E-state index in [9.17, 15) is 4.79 Å². The monoisotopic (exact) mass is 306 g/mol. The largest absolute Gasteiger partial charge is 0.369 e. The van der Waals surface area contributed by atoms with Crippen molar-refractivity contribution in [1.29, 1.82) is 0 Å². The Bertz CT molecular complexity index is 575. The van der Waals surface area contributed by atoms with Crippen molar-refractivity contribution in [3.8, 4) is 0 Å². The van der Waals surface area contributed by atoms with E-state index in [1.165, 1.54) is 0 Å². The minimum atomic E-state index is -0.0413. The lowest BCUT2D eigenvalue weighted by Crippen LogP contribution is -2.52. The van der Waals surface area contributed by atoms with Crippen molar-refractivity contribution >= 4 is 5.91 Å². The second-order valence-electron chi connectivity index (χ2n) is 6.89. The Balaban J connectivity index is 1.73. The number of ether oxygens (including phenoxy) is 1. The molecule has 2 aliphatic rings. The first kappa shape index (κ1) is 15.5. The summed E-state index contributed by atoms with van der Waals surface area (Å²) in [6, 6.07) is 0.851. The van der Waals surface area contributed by atoms with Crippen molar-refractivity contribution in [3.05, 3.63) is 17.0 Å². The van der Waals surface area contributed by atoms with E-state index >= 15 is 0 Å². The molecule has 1 fully saturated rings. The Hall–Kier alpha value is -1.40. The molecule has 6 nitrogen and oxygen atoms in total. The van der Waals surface area contributed by atoms with Gasteiger partial charge in [-0.1, -0.05) is 0 Å². The first-order valence-electron chi connectivity index (χ1n) is 8.05. The average molecular weight is 306 g/mol. The van der Waals surface area contributed by atoms with Crippen LogP contribution in [0.2, 0.25) is 0 Å². The topological polar surface area (TPSA) is 59.4 Å². The summed E-state index contributed by atoms with van der Waals surface area (Å²) < 4.78 is 7.64. The lowest BCUT2D eigenvalue weighted by Gasteiger charge is -2.39. The highest BCUT2D eigenvalue weighted by Crippen LogP contribution is 2.32. The summed E-state index contributed by atoms with van der Waals surface area (Å²) in [6.45, 7) is 4.06. The summed E-state index contributed by atoms with van der Waals surface area (Å²) in [7, 11) is 6.05. The van der Waals surface area contributed by atoms with Crippen molar-refractivity contribution in [2.45, 2.75) is 57.4 Å². The summed E-state index contributed by atoms with van der Waals surface area (Å²) in [4.78, 5) is 14.8. The molecule has 0 unspecified atom stereocenters. The van der Waals surface area contributed by atoms with Crippen LogP contribution in [0.5, 0.6) is 0 Å². The zero-order chi connectivity index (χ0) is 16.0. The molecule has 22 heavy (non-hydrogen) atoms. The van der Waals surface area contributed by atoms with Gasteiger partial charge in [0.15, 0.2) is 5.69 Å². The maximum Gasteiger partial charge on any atom is 0.272 e. The Morgan fingerprint density at radius 1 is 1.36 bits per heavy atom. The number of aromatic nitrogens is 2. The first-order valence-corrected chi connectivity index (χ1v) is 8.05. The van der Waals surface area contributed by atoms with E-state index in [0.717, 1.165) is 30.5 Å². The van der Waals surface area contributed by atoms with Crippen LogP contribution in [0.25, 0.3) is 0 Å². The fraction of sp³-hybridized carbons (Fsp3) is 0.750. The fourth-order valence-electron chi connectivity index (χ4n) is 3.60. The van der Waals surface area contributed by atoms with Gasteiger partial charge in [-0.2, -0.15) is 5.10 Å². The number of hydrogen-bond acceptors (Lipinski definition) is 4. The molecule has 0 saturated heterocycles. The van der Waals surface area contributed by atoms with Gasteiger partial charge in [-0.3, -0.25) is 9.48 Å². The van der Waals surface area contributed by atoms with Crippen LogP contribution in [0.15, 0.2) is 0 Å². The molecule has 1 aliphatic carbocycles. The number of carbonyl (C=O) groups is 1. The number of nitrogens with zero attached hydrogens (tertiary/aromatic N) is 3. The normalized spacial score (nSPS) is 30.8. The molecule has 1 saturated carbocycles. The van der Waals surface area contributed by atoms with Crippen LogP contribution in [0, 0.1) is 0 Å². The molecule has 1 aliphatic heterocycles. The molecule has 122 valence electrons. The fourth-order valence-corrected chi connectivity index (χ4v) is 3.60. The van der Waals surface area contributed by atoms with Crippen LogP contribution in [0.4, 0.5) is 0 Å². The molecule has 2 atom stereocenters. The van der Waals surface area contributed by atoms with E-state index in [2.05, 4.69) is 29.4 Å². The van der Waals surface area contributed by atoms with Gasteiger partial charge in [0.25, 0.3) is 5.91 Å². The molecule has 1 aromatic rings. The van der Waals surface area contributed by atoms with E-state index < -0.39 is 0 Å². The Labute approximate surface area is 131 Å². The lowest BCUT2D eigenvalue weighted by atomic mass is 9.86. The van der Waals surface area contributed by atoms with Gasteiger partial charge in [-0.05, 0) is 40.8 Å². The number of carbonyl (C=O) groups excluding carboxylic acids is 1. The van der Waals surface area contributed by atoms with Crippen LogP contribution in [0.3, 0.4) is 0 Å². The number of aryl methyl sites for hydroxylation is 1. The number of fused-ring (bicyclic) bond motifs is 1. The number of nitrogens with one attached hydrogen (secondary N) is 1. The first-order chi connectivity index (χ1) is 10.4. The van der Waals surface area contributed by atoms with Gasteiger partial charge >= 0.3 is 0 Å². The third-order valence-electron chi connectivity index (χ3n) is 4.90. The van der Waals surface area contributed by atoms with Crippen LogP contribution >= 0.6 is 0 Å². The molecular formula is C16H26N4O2. The Morgan fingerprint density at radius 3 is 2.68 bits per heavy atom. The predicted octanol–water partition coefficient (Wildman–Crippen LogP) is 1.26. The Kier molecular flexibility index (Phi) is 3.99. The van der Waals surface area contributed by atoms with E-state index in [-0.39, 0.29) is 24.2 Å². The van der Waals surface area contributed by atoms with Gasteiger partial charge in [0.1, 0.15) is 0 Å². The minimum absolute atomic E-state index is 0.0142. The van der Waals surface area contributed by atoms with Crippen molar-refractivity contribution in [1.82, 2.24) is 20.0 Å². The zero-order valence-corrected chi connectivity index (χ0v) is 14.1. The molecule has 1 N–H and O–H groups in total. The average Bonchev–Trinajstić information content (AvgIpc) is 2.69. The number of rotatable bonds is 3. The van der Waals surface area contributed by atoms with Crippen molar-refractivity contribution in [2.24, 2.45) is 7.05 Å². The standard InChI is InChI=1S/C16H26N4O2/c1-9-6-13-14(18-20(5)15(13)10(2)22-9)16(21)17-11-7-12(8-11)19(3)4/h9-12H,6-8H2,1-5H3,(H,17,21)/t9-,10+,11?,12?/m1/s1. The van der Waals surface area contributed by atoms with Crippen LogP contribution in [-0.2, 0) is 18.2 Å². The van der Waals surface area contributed by atoms with Gasteiger partial charge in [0.05, 0.1) is 17.9 Å². The zero-order valence-electron chi connectivity index (χ0n) is 14.1. The minimum Gasteiger partial charge on any atom is -0.369 e. The second kappa shape index (κ2) is 5.66. The summed E-state index contributed by atoms with van der Waals surface area (Å²) in [5.41, 5.74) is 2.66. The third kappa shape index (κ3) is 2.65. The third-order valence-corrected chi connectivity index (χ3v) is 4.90. The summed E-state index contributed by atoms with van der Waals surface area (Å²) in [6.07, 6.45) is 2.90. The molecule has 1 aromatic heterocycles. The molecule has 0 bridgehead atoms. The van der Waals surface area contributed by atoms with E-state index in [0.29, 0.717) is 11.7 Å². The molecule has 1 amide bonds. The quantitative estimate of drug-likeness (QED) is 0.913. The van der Waals surface area contributed by atoms with Gasteiger partial charge in [-0.15, -0.1) is 0 Å². The lowest BCUT2D eigenvalue weighted by molar-refractivity contribution is -0.00903. The molecule has 6 heteroatoms. The van der Waals surface area contributed by atoms with Crippen LogP contribution in [0.1, 0.15) is 54.5 Å². The maximum absolute atomic E-state index is 12.6. The van der Waals surface area contributed by atoms with Gasteiger partial charge < -0.3 is 15.0 Å². The van der Waals surface area contributed by atoms with Crippen molar-refractivity contribution in [2.75, 3.05) is 14.1 Å². The number of hydrogen-bond donors (Lipinski definition) is 1. The summed E-state index contributed by atoms with van der Waals surface area (Å²) >= 11 is 0.